The second-order valence-corrected chi connectivity index (χ2v) is 4.95. The average Bonchev–Trinajstić information content (AvgIpc) is 2.77. The fraction of sp³-hybridized carbons (Fsp3) is 0.750. The number of nitrogens with two attached hydrogens (primary N) is 1. The normalized spacial score (nSPS) is 24.6. The van der Waals surface area contributed by atoms with E-state index in [1.807, 2.05) is 6.20 Å². The van der Waals surface area contributed by atoms with Crippen molar-refractivity contribution >= 4 is 0 Å². The van der Waals surface area contributed by atoms with E-state index in [1.165, 1.54) is 24.9 Å². The minimum atomic E-state index is 0.412. The summed E-state index contributed by atoms with van der Waals surface area (Å²) in [4.78, 5) is 2.38. The second kappa shape index (κ2) is 4.97. The third kappa shape index (κ3) is 2.44. The lowest BCUT2D eigenvalue weighted by atomic mass is 10.1. The zero-order valence-corrected chi connectivity index (χ0v) is 10.3. The molecule has 0 aliphatic carbocycles. The van der Waals surface area contributed by atoms with E-state index in [0.717, 1.165) is 6.54 Å². The van der Waals surface area contributed by atoms with Crippen LogP contribution in [0.3, 0.4) is 0 Å². The van der Waals surface area contributed by atoms with Crippen LogP contribution in [0.15, 0.2) is 12.4 Å². The molecule has 0 saturated carbocycles. The van der Waals surface area contributed by atoms with Crippen molar-refractivity contribution in [3.63, 3.8) is 0 Å². The third-order valence-electron chi connectivity index (χ3n) is 3.52. The van der Waals surface area contributed by atoms with E-state index in [1.54, 1.807) is 0 Å². The summed E-state index contributed by atoms with van der Waals surface area (Å²) in [6, 6.07) is 0.539. The Morgan fingerprint density at radius 1 is 1.62 bits per heavy atom. The number of rotatable bonds is 3. The first-order valence-electron chi connectivity index (χ1n) is 6.13. The number of nitrogens with zero attached hydrogens (tertiary/aromatic N) is 3. The van der Waals surface area contributed by atoms with Gasteiger partial charge in [0.15, 0.2) is 0 Å². The molecule has 2 unspecified atom stereocenters. The van der Waals surface area contributed by atoms with Gasteiger partial charge in [0.25, 0.3) is 0 Å². The Balaban J connectivity index is 2.06. The first-order valence-corrected chi connectivity index (χ1v) is 6.13. The maximum absolute atomic E-state index is 5.67. The predicted octanol–water partition coefficient (Wildman–Crippen LogP) is 1.21. The van der Waals surface area contributed by atoms with Gasteiger partial charge < -0.3 is 10.6 Å². The van der Waals surface area contributed by atoms with Crippen LogP contribution >= 0.6 is 0 Å². The van der Waals surface area contributed by atoms with Crippen molar-refractivity contribution < 1.29 is 0 Å². The van der Waals surface area contributed by atoms with Crippen LogP contribution in [-0.4, -0.2) is 41.4 Å². The van der Waals surface area contributed by atoms with Crippen LogP contribution in [0.1, 0.15) is 37.3 Å². The largest absolute Gasteiger partial charge is 0.330 e. The van der Waals surface area contributed by atoms with Gasteiger partial charge in [0.1, 0.15) is 0 Å². The van der Waals surface area contributed by atoms with Crippen molar-refractivity contribution in [1.82, 2.24) is 14.7 Å². The van der Waals surface area contributed by atoms with E-state index < -0.39 is 0 Å². The number of hydrogen-bond donors (Lipinski definition) is 1. The SMILES string of the molecule is CC(CN)c1cnn(C2CCCN(C)C2)c1. The molecule has 0 amide bonds. The number of aromatic nitrogens is 2. The Morgan fingerprint density at radius 2 is 2.44 bits per heavy atom. The minimum absolute atomic E-state index is 0.412. The van der Waals surface area contributed by atoms with Crippen molar-refractivity contribution in [3.8, 4) is 0 Å². The summed E-state index contributed by atoms with van der Waals surface area (Å²) in [6.45, 7) is 5.16. The molecule has 2 heterocycles. The zero-order chi connectivity index (χ0) is 11.5. The molecule has 2 N–H and O–H groups in total. The van der Waals surface area contributed by atoms with Gasteiger partial charge in [-0.15, -0.1) is 0 Å². The topological polar surface area (TPSA) is 47.1 Å². The molecule has 0 spiro atoms. The Kier molecular flexibility index (Phi) is 3.61. The minimum Gasteiger partial charge on any atom is -0.330 e. The quantitative estimate of drug-likeness (QED) is 0.836. The summed E-state index contributed by atoms with van der Waals surface area (Å²) in [6.07, 6.45) is 6.64. The number of hydrogen-bond acceptors (Lipinski definition) is 3. The lowest BCUT2D eigenvalue weighted by molar-refractivity contribution is 0.202. The van der Waals surface area contributed by atoms with E-state index in [0.29, 0.717) is 18.5 Å². The van der Waals surface area contributed by atoms with Gasteiger partial charge in [-0.3, -0.25) is 4.68 Å². The second-order valence-electron chi connectivity index (χ2n) is 4.95. The van der Waals surface area contributed by atoms with E-state index in [2.05, 4.69) is 34.8 Å². The molecule has 16 heavy (non-hydrogen) atoms. The van der Waals surface area contributed by atoms with Crippen molar-refractivity contribution in [3.05, 3.63) is 18.0 Å². The fourth-order valence-electron chi connectivity index (χ4n) is 2.30. The van der Waals surface area contributed by atoms with Gasteiger partial charge in [-0.2, -0.15) is 5.10 Å². The molecule has 0 aromatic carbocycles. The number of likely N-dealkylation sites (tertiary alicyclic amines) is 1. The van der Waals surface area contributed by atoms with Crippen molar-refractivity contribution in [2.24, 2.45) is 5.73 Å². The lowest BCUT2D eigenvalue weighted by Gasteiger charge is -2.29. The summed E-state index contributed by atoms with van der Waals surface area (Å²) in [7, 11) is 2.18. The molecule has 1 aromatic heterocycles. The van der Waals surface area contributed by atoms with E-state index in [-0.39, 0.29) is 0 Å². The third-order valence-corrected chi connectivity index (χ3v) is 3.52. The molecule has 0 radical (unpaired) electrons. The highest BCUT2D eigenvalue weighted by Gasteiger charge is 2.19. The Morgan fingerprint density at radius 3 is 3.12 bits per heavy atom. The van der Waals surface area contributed by atoms with Crippen LogP contribution in [0.5, 0.6) is 0 Å². The first-order chi connectivity index (χ1) is 7.70. The van der Waals surface area contributed by atoms with Crippen molar-refractivity contribution in [2.75, 3.05) is 26.7 Å². The fourth-order valence-corrected chi connectivity index (χ4v) is 2.30. The standard InChI is InChI=1S/C12H22N4/c1-10(6-13)11-7-14-16(8-11)12-4-3-5-15(2)9-12/h7-8,10,12H,3-6,9,13H2,1-2H3. The molecule has 0 bridgehead atoms. The molecular formula is C12H22N4. The van der Waals surface area contributed by atoms with Gasteiger partial charge in [0, 0.05) is 12.7 Å². The Bertz CT molecular complexity index is 334. The summed E-state index contributed by atoms with van der Waals surface area (Å²) in [5.74, 6) is 0.412. The first kappa shape index (κ1) is 11.6. The summed E-state index contributed by atoms with van der Waals surface area (Å²) in [5.41, 5.74) is 6.93. The smallest absolute Gasteiger partial charge is 0.0646 e. The molecule has 2 atom stereocenters. The van der Waals surface area contributed by atoms with Gasteiger partial charge in [-0.05, 0) is 44.5 Å². The Labute approximate surface area is 97.4 Å². The highest BCUT2D eigenvalue weighted by molar-refractivity contribution is 5.11. The molecule has 1 saturated heterocycles. The van der Waals surface area contributed by atoms with Gasteiger partial charge in [-0.25, -0.2) is 0 Å². The van der Waals surface area contributed by atoms with E-state index >= 15 is 0 Å². The summed E-state index contributed by atoms with van der Waals surface area (Å²) < 4.78 is 2.12. The highest BCUT2D eigenvalue weighted by atomic mass is 15.3. The molecule has 1 aliphatic rings. The van der Waals surface area contributed by atoms with Gasteiger partial charge in [0.05, 0.1) is 12.2 Å². The molecule has 4 nitrogen and oxygen atoms in total. The molecule has 90 valence electrons. The van der Waals surface area contributed by atoms with Crippen LogP contribution in [0.2, 0.25) is 0 Å². The van der Waals surface area contributed by atoms with Crippen molar-refractivity contribution in [2.45, 2.75) is 31.7 Å². The molecule has 1 aliphatic heterocycles. The molecular weight excluding hydrogens is 200 g/mol. The maximum Gasteiger partial charge on any atom is 0.0646 e. The Hall–Kier alpha value is -0.870. The predicted molar refractivity (Wildman–Crippen MR) is 65.5 cm³/mol. The molecule has 1 aromatic rings. The monoisotopic (exact) mass is 222 g/mol. The maximum atomic E-state index is 5.67. The highest BCUT2D eigenvalue weighted by Crippen LogP contribution is 2.21. The lowest BCUT2D eigenvalue weighted by Crippen LogP contribution is -2.33. The van der Waals surface area contributed by atoms with Gasteiger partial charge in [-0.1, -0.05) is 6.92 Å². The van der Waals surface area contributed by atoms with Gasteiger partial charge >= 0.3 is 0 Å². The van der Waals surface area contributed by atoms with Crippen LogP contribution in [0.25, 0.3) is 0 Å². The van der Waals surface area contributed by atoms with Crippen LogP contribution in [0, 0.1) is 0 Å². The van der Waals surface area contributed by atoms with Crippen LogP contribution in [-0.2, 0) is 0 Å². The summed E-state index contributed by atoms with van der Waals surface area (Å²) >= 11 is 0. The molecule has 2 rings (SSSR count). The number of piperidine rings is 1. The number of likely N-dealkylation sites (N-methyl/N-ethyl adjacent to an activating group) is 1. The molecule has 1 fully saturated rings. The molecule has 4 heteroatoms. The average molecular weight is 222 g/mol. The van der Waals surface area contributed by atoms with Crippen molar-refractivity contribution in [1.29, 1.82) is 0 Å². The van der Waals surface area contributed by atoms with Crippen LogP contribution < -0.4 is 5.73 Å². The van der Waals surface area contributed by atoms with E-state index in [9.17, 15) is 0 Å². The van der Waals surface area contributed by atoms with Crippen LogP contribution in [0.4, 0.5) is 0 Å². The zero-order valence-electron chi connectivity index (χ0n) is 10.3. The summed E-state index contributed by atoms with van der Waals surface area (Å²) in [5, 5.41) is 4.48. The van der Waals surface area contributed by atoms with E-state index in [4.69, 9.17) is 5.73 Å². The van der Waals surface area contributed by atoms with Gasteiger partial charge in [0.2, 0.25) is 0 Å².